The molecule has 1 heteroatoms. The van der Waals surface area contributed by atoms with Crippen LogP contribution in [0.25, 0.3) is 0 Å². The highest BCUT2D eigenvalue weighted by atomic mass is 14.9. The summed E-state index contributed by atoms with van der Waals surface area (Å²) in [5.41, 5.74) is 1.19. The van der Waals surface area contributed by atoms with Gasteiger partial charge in [-0.2, -0.15) is 0 Å². The molecule has 66 valence electrons. The van der Waals surface area contributed by atoms with Gasteiger partial charge in [0.15, 0.2) is 0 Å². The molecule has 0 aromatic heterocycles. The van der Waals surface area contributed by atoms with Crippen LogP contribution in [0.4, 0.5) is 0 Å². The molecular weight excluding hydrogens is 134 g/mol. The Hall–Kier alpha value is -0.460. The number of nitrogens with one attached hydrogen (secondary N) is 1. The lowest BCUT2D eigenvalue weighted by Gasteiger charge is -2.11. The molecule has 0 heterocycles. The van der Waals surface area contributed by atoms with Crippen LogP contribution >= 0.6 is 0 Å². The van der Waals surface area contributed by atoms with E-state index >= 15 is 0 Å². The molecule has 0 amide bonds. The second-order valence-corrected chi connectivity index (χ2v) is 3.36. The summed E-state index contributed by atoms with van der Waals surface area (Å²) in [6.45, 7) is 10.5. The first-order valence-electron chi connectivity index (χ1n) is 4.61. The monoisotopic (exact) mass is 155 g/mol. The van der Waals surface area contributed by atoms with E-state index in [1.165, 1.54) is 25.0 Å². The maximum absolute atomic E-state index is 3.96. The highest BCUT2D eigenvalue weighted by Gasteiger charge is 1.95. The number of hydrogen-bond acceptors (Lipinski definition) is 1. The lowest BCUT2D eigenvalue weighted by molar-refractivity contribution is 0.615. The van der Waals surface area contributed by atoms with Crippen molar-refractivity contribution in [2.45, 2.75) is 52.5 Å². The Morgan fingerprint density at radius 1 is 1.36 bits per heavy atom. The highest BCUT2D eigenvalue weighted by Crippen LogP contribution is 2.04. The Balaban J connectivity index is 3.23. The minimum Gasteiger partial charge on any atom is -0.387 e. The topological polar surface area (TPSA) is 12.0 Å². The summed E-state index contributed by atoms with van der Waals surface area (Å²) in [4.78, 5) is 0. The molecular formula is C10H21N. The second kappa shape index (κ2) is 6.26. The third-order valence-electron chi connectivity index (χ3n) is 1.57. The molecule has 0 aromatic rings. The van der Waals surface area contributed by atoms with Gasteiger partial charge in [0.25, 0.3) is 0 Å². The molecule has 0 aromatic carbocycles. The van der Waals surface area contributed by atoms with E-state index in [1.54, 1.807) is 0 Å². The van der Waals surface area contributed by atoms with E-state index in [9.17, 15) is 0 Å². The standard InChI is InChI=1S/C10H21N/c1-5-6-7-8-10(4)11-9(2)3/h9,11H,4-8H2,1-3H3. The van der Waals surface area contributed by atoms with E-state index in [0.717, 1.165) is 6.42 Å². The summed E-state index contributed by atoms with van der Waals surface area (Å²) < 4.78 is 0. The van der Waals surface area contributed by atoms with Crippen molar-refractivity contribution in [2.75, 3.05) is 0 Å². The predicted octanol–water partition coefficient (Wildman–Crippen LogP) is 3.08. The van der Waals surface area contributed by atoms with Gasteiger partial charge in [-0.15, -0.1) is 0 Å². The molecule has 11 heavy (non-hydrogen) atoms. The molecule has 0 aliphatic carbocycles. The molecule has 0 radical (unpaired) electrons. The first kappa shape index (κ1) is 10.5. The third kappa shape index (κ3) is 7.44. The molecule has 0 spiro atoms. The molecule has 1 N–H and O–H groups in total. The molecule has 0 unspecified atom stereocenters. The molecule has 0 saturated heterocycles. The summed E-state index contributed by atoms with van der Waals surface area (Å²) in [5.74, 6) is 0. The van der Waals surface area contributed by atoms with Crippen LogP contribution in [0.3, 0.4) is 0 Å². The fourth-order valence-electron chi connectivity index (χ4n) is 1.07. The first-order chi connectivity index (χ1) is 5.16. The highest BCUT2D eigenvalue weighted by molar-refractivity contribution is 4.91. The zero-order valence-electron chi connectivity index (χ0n) is 8.11. The third-order valence-corrected chi connectivity index (χ3v) is 1.57. The summed E-state index contributed by atoms with van der Waals surface area (Å²) >= 11 is 0. The summed E-state index contributed by atoms with van der Waals surface area (Å²) in [7, 11) is 0. The number of rotatable bonds is 6. The molecule has 0 saturated carbocycles. The van der Waals surface area contributed by atoms with Gasteiger partial charge in [0.1, 0.15) is 0 Å². The van der Waals surface area contributed by atoms with E-state index in [-0.39, 0.29) is 0 Å². The average molecular weight is 155 g/mol. The normalized spacial score (nSPS) is 10.2. The number of allylic oxidation sites excluding steroid dienone is 1. The van der Waals surface area contributed by atoms with Crippen molar-refractivity contribution in [2.24, 2.45) is 0 Å². The van der Waals surface area contributed by atoms with Crippen molar-refractivity contribution in [3.05, 3.63) is 12.3 Å². The van der Waals surface area contributed by atoms with Crippen LogP contribution in [-0.4, -0.2) is 6.04 Å². The van der Waals surface area contributed by atoms with Crippen LogP contribution in [0.1, 0.15) is 46.5 Å². The van der Waals surface area contributed by atoms with E-state index in [2.05, 4.69) is 32.7 Å². The van der Waals surface area contributed by atoms with Gasteiger partial charge in [-0.05, 0) is 26.7 Å². The zero-order valence-corrected chi connectivity index (χ0v) is 8.11. The molecule has 0 bridgehead atoms. The molecule has 0 atom stereocenters. The van der Waals surface area contributed by atoms with Gasteiger partial charge < -0.3 is 5.32 Å². The van der Waals surface area contributed by atoms with Crippen molar-refractivity contribution in [3.8, 4) is 0 Å². The van der Waals surface area contributed by atoms with E-state index < -0.39 is 0 Å². The summed E-state index contributed by atoms with van der Waals surface area (Å²) in [6, 6.07) is 0.532. The van der Waals surface area contributed by atoms with E-state index in [1.807, 2.05) is 0 Å². The maximum Gasteiger partial charge on any atom is 0.0201 e. The lowest BCUT2D eigenvalue weighted by Crippen LogP contribution is -2.21. The van der Waals surface area contributed by atoms with Gasteiger partial charge in [0.05, 0.1) is 0 Å². The van der Waals surface area contributed by atoms with Crippen LogP contribution < -0.4 is 5.32 Å². The molecule has 0 aliphatic rings. The molecule has 0 aliphatic heterocycles. The molecule has 0 fully saturated rings. The zero-order chi connectivity index (χ0) is 8.69. The summed E-state index contributed by atoms with van der Waals surface area (Å²) in [5, 5.41) is 3.31. The lowest BCUT2D eigenvalue weighted by atomic mass is 10.1. The van der Waals surface area contributed by atoms with E-state index in [4.69, 9.17) is 0 Å². The van der Waals surface area contributed by atoms with Crippen molar-refractivity contribution < 1.29 is 0 Å². The van der Waals surface area contributed by atoms with Gasteiger partial charge in [-0.25, -0.2) is 0 Å². The fourth-order valence-corrected chi connectivity index (χ4v) is 1.07. The molecule has 0 rings (SSSR count). The van der Waals surface area contributed by atoms with E-state index in [0.29, 0.717) is 6.04 Å². The predicted molar refractivity (Wildman–Crippen MR) is 51.6 cm³/mol. The second-order valence-electron chi connectivity index (χ2n) is 3.36. The SMILES string of the molecule is C=C(CCCCC)NC(C)C. The Bertz CT molecular complexity index is 105. The van der Waals surface area contributed by atoms with Gasteiger partial charge in [-0.1, -0.05) is 26.3 Å². The quantitative estimate of drug-likeness (QED) is 0.581. The van der Waals surface area contributed by atoms with Gasteiger partial charge >= 0.3 is 0 Å². The van der Waals surface area contributed by atoms with Crippen LogP contribution in [0.5, 0.6) is 0 Å². The smallest absolute Gasteiger partial charge is 0.0201 e. The van der Waals surface area contributed by atoms with Gasteiger partial charge in [0.2, 0.25) is 0 Å². The van der Waals surface area contributed by atoms with Crippen LogP contribution in [-0.2, 0) is 0 Å². The van der Waals surface area contributed by atoms with Gasteiger partial charge in [-0.3, -0.25) is 0 Å². The van der Waals surface area contributed by atoms with Crippen LogP contribution in [0.15, 0.2) is 12.3 Å². The number of hydrogen-bond donors (Lipinski definition) is 1. The maximum atomic E-state index is 3.96. The Labute approximate surface area is 70.9 Å². The Morgan fingerprint density at radius 2 is 2.00 bits per heavy atom. The number of unbranched alkanes of at least 4 members (excludes halogenated alkanes) is 2. The Kier molecular flexibility index (Phi) is 6.00. The van der Waals surface area contributed by atoms with Crippen LogP contribution in [0.2, 0.25) is 0 Å². The van der Waals surface area contributed by atoms with Crippen molar-refractivity contribution >= 4 is 0 Å². The minimum absolute atomic E-state index is 0.532. The fraction of sp³-hybridized carbons (Fsp3) is 0.800. The van der Waals surface area contributed by atoms with Crippen molar-refractivity contribution in [3.63, 3.8) is 0 Å². The minimum atomic E-state index is 0.532. The first-order valence-corrected chi connectivity index (χ1v) is 4.61. The van der Waals surface area contributed by atoms with Crippen LogP contribution in [0, 0.1) is 0 Å². The largest absolute Gasteiger partial charge is 0.387 e. The Morgan fingerprint density at radius 3 is 2.45 bits per heavy atom. The molecule has 1 nitrogen and oxygen atoms in total. The summed E-state index contributed by atoms with van der Waals surface area (Å²) in [6.07, 6.45) is 5.01. The van der Waals surface area contributed by atoms with Gasteiger partial charge in [0, 0.05) is 11.7 Å². The average Bonchev–Trinajstić information content (AvgIpc) is 1.86. The van der Waals surface area contributed by atoms with Crippen molar-refractivity contribution in [1.82, 2.24) is 5.32 Å². The van der Waals surface area contributed by atoms with Crippen molar-refractivity contribution in [1.29, 1.82) is 0 Å².